The van der Waals surface area contributed by atoms with Crippen molar-refractivity contribution in [3.63, 3.8) is 0 Å². The lowest BCUT2D eigenvalue weighted by Crippen LogP contribution is -2.49. The number of nitrogens with zero attached hydrogens (tertiary/aromatic N) is 1. The highest BCUT2D eigenvalue weighted by atomic mass is 32.2. The average molecular weight is 344 g/mol. The number of nitrogens with one attached hydrogen (secondary N) is 1. The molecule has 1 saturated carbocycles. The molecule has 1 heterocycles. The first-order valence-electron chi connectivity index (χ1n) is 8.37. The van der Waals surface area contributed by atoms with E-state index in [1.54, 1.807) is 25.1 Å². The van der Waals surface area contributed by atoms with Crippen molar-refractivity contribution in [1.29, 1.82) is 0 Å². The Morgan fingerprint density at radius 3 is 2.54 bits per heavy atom. The Morgan fingerprint density at radius 1 is 1.17 bits per heavy atom. The van der Waals surface area contributed by atoms with Gasteiger partial charge in [0.2, 0.25) is 5.91 Å². The summed E-state index contributed by atoms with van der Waals surface area (Å²) in [5.74, 6) is -0.227. The number of sulfonamides is 1. The molecule has 0 unspecified atom stereocenters. The van der Waals surface area contributed by atoms with Gasteiger partial charge in [0.25, 0.3) is 10.0 Å². The van der Waals surface area contributed by atoms with Gasteiger partial charge in [0, 0.05) is 11.4 Å². The minimum Gasteiger partial charge on any atom is -0.352 e. The van der Waals surface area contributed by atoms with Crippen molar-refractivity contribution in [2.75, 3.05) is 4.31 Å². The molecule has 2 aliphatic rings. The molecular weight excluding hydrogens is 324 g/mol. The van der Waals surface area contributed by atoms with Crippen LogP contribution in [0.2, 0.25) is 0 Å². The first kappa shape index (κ1) is 15.4. The van der Waals surface area contributed by atoms with Gasteiger partial charge in [-0.05, 0) is 37.3 Å². The summed E-state index contributed by atoms with van der Waals surface area (Å²) in [7, 11) is -3.70. The van der Waals surface area contributed by atoms with Crippen LogP contribution in [0.4, 0.5) is 5.69 Å². The van der Waals surface area contributed by atoms with Gasteiger partial charge in [0.15, 0.2) is 0 Å². The molecule has 24 heavy (non-hydrogen) atoms. The summed E-state index contributed by atoms with van der Waals surface area (Å²) in [6.07, 6.45) is 4.18. The van der Waals surface area contributed by atoms with E-state index in [9.17, 15) is 13.2 Å². The first-order valence-corrected chi connectivity index (χ1v) is 9.81. The quantitative estimate of drug-likeness (QED) is 0.931. The lowest BCUT2D eigenvalue weighted by Gasteiger charge is -2.26. The molecule has 1 N–H and O–H groups in total. The molecule has 5 nitrogen and oxygen atoms in total. The number of rotatable bonds is 3. The van der Waals surface area contributed by atoms with Crippen molar-refractivity contribution < 1.29 is 13.2 Å². The van der Waals surface area contributed by atoms with E-state index in [1.807, 2.05) is 18.2 Å². The summed E-state index contributed by atoms with van der Waals surface area (Å²) >= 11 is 0. The van der Waals surface area contributed by atoms with Crippen LogP contribution in [-0.2, 0) is 14.8 Å². The van der Waals surface area contributed by atoms with E-state index in [1.165, 1.54) is 4.31 Å². The molecule has 0 spiro atoms. The number of benzene rings is 2. The fraction of sp³-hybridized carbons (Fsp3) is 0.389. The number of carbonyl (C=O) groups is 1. The van der Waals surface area contributed by atoms with Crippen LogP contribution in [-0.4, -0.2) is 26.4 Å². The Bertz CT molecular complexity index is 912. The topological polar surface area (TPSA) is 66.5 Å². The third-order valence-corrected chi connectivity index (χ3v) is 6.98. The van der Waals surface area contributed by atoms with E-state index in [4.69, 9.17) is 0 Å². The largest absolute Gasteiger partial charge is 0.352 e. The SMILES string of the molecule is C[C@H](C(=O)NC1CCCC1)N1c2cccc3cccc(c23)S1(=O)=O. The smallest absolute Gasteiger partial charge is 0.265 e. The highest BCUT2D eigenvalue weighted by molar-refractivity contribution is 7.93. The van der Waals surface area contributed by atoms with Crippen molar-refractivity contribution in [2.45, 2.75) is 49.6 Å². The van der Waals surface area contributed by atoms with Gasteiger partial charge in [0.05, 0.1) is 10.6 Å². The van der Waals surface area contributed by atoms with Crippen LogP contribution in [0.15, 0.2) is 41.3 Å². The minimum absolute atomic E-state index is 0.170. The summed E-state index contributed by atoms with van der Waals surface area (Å²) in [6.45, 7) is 1.66. The molecular formula is C18H20N2O3S. The molecule has 1 aliphatic carbocycles. The second-order valence-corrected chi connectivity index (χ2v) is 8.38. The van der Waals surface area contributed by atoms with Crippen LogP contribution in [0.1, 0.15) is 32.6 Å². The van der Waals surface area contributed by atoms with E-state index in [2.05, 4.69) is 5.32 Å². The van der Waals surface area contributed by atoms with Gasteiger partial charge in [0.1, 0.15) is 6.04 Å². The number of amides is 1. The number of carbonyl (C=O) groups excluding carboxylic acids is 1. The van der Waals surface area contributed by atoms with Gasteiger partial charge in [-0.1, -0.05) is 37.1 Å². The molecule has 0 saturated heterocycles. The van der Waals surface area contributed by atoms with Crippen molar-refractivity contribution >= 4 is 32.4 Å². The minimum atomic E-state index is -3.70. The zero-order valence-corrected chi connectivity index (χ0v) is 14.3. The highest BCUT2D eigenvalue weighted by Gasteiger charge is 2.41. The van der Waals surface area contributed by atoms with Gasteiger partial charge in [-0.25, -0.2) is 8.42 Å². The molecule has 1 fully saturated rings. The number of hydrogen-bond acceptors (Lipinski definition) is 3. The summed E-state index contributed by atoms with van der Waals surface area (Å²) in [6, 6.07) is 10.1. The maximum atomic E-state index is 13.0. The normalized spacial score (nSPS) is 20.5. The summed E-state index contributed by atoms with van der Waals surface area (Å²) in [5, 5.41) is 4.59. The van der Waals surface area contributed by atoms with Gasteiger partial charge < -0.3 is 5.32 Å². The van der Waals surface area contributed by atoms with Crippen molar-refractivity contribution in [3.8, 4) is 0 Å². The Balaban J connectivity index is 1.73. The van der Waals surface area contributed by atoms with Gasteiger partial charge in [-0.3, -0.25) is 9.10 Å². The summed E-state index contributed by atoms with van der Waals surface area (Å²) in [5.41, 5.74) is 0.595. The fourth-order valence-corrected chi connectivity index (χ4v) is 5.70. The molecule has 0 radical (unpaired) electrons. The van der Waals surface area contributed by atoms with Crippen LogP contribution in [0.25, 0.3) is 10.8 Å². The third-order valence-electron chi connectivity index (χ3n) is 5.05. The second-order valence-electron chi connectivity index (χ2n) is 6.60. The maximum Gasteiger partial charge on any atom is 0.265 e. The maximum absolute atomic E-state index is 13.0. The Kier molecular flexibility index (Phi) is 3.53. The molecule has 1 aliphatic heterocycles. The molecule has 1 amide bonds. The Hall–Kier alpha value is -2.08. The van der Waals surface area contributed by atoms with Crippen LogP contribution in [0, 0.1) is 0 Å². The van der Waals surface area contributed by atoms with E-state index in [-0.39, 0.29) is 16.8 Å². The number of anilines is 1. The molecule has 126 valence electrons. The Labute approximate surface area is 141 Å². The third kappa shape index (κ3) is 2.20. The molecule has 4 rings (SSSR count). The average Bonchev–Trinajstić information content (AvgIpc) is 3.14. The molecule has 2 aromatic rings. The van der Waals surface area contributed by atoms with Gasteiger partial charge in [-0.2, -0.15) is 0 Å². The van der Waals surface area contributed by atoms with Crippen LogP contribution in [0.3, 0.4) is 0 Å². The first-order chi connectivity index (χ1) is 11.5. The van der Waals surface area contributed by atoms with Crippen LogP contribution in [0.5, 0.6) is 0 Å². The van der Waals surface area contributed by atoms with Crippen molar-refractivity contribution in [3.05, 3.63) is 36.4 Å². The number of hydrogen-bond donors (Lipinski definition) is 1. The zero-order valence-electron chi connectivity index (χ0n) is 13.5. The predicted octanol–water partition coefficient (Wildman–Crippen LogP) is 2.80. The van der Waals surface area contributed by atoms with Gasteiger partial charge in [-0.15, -0.1) is 0 Å². The monoisotopic (exact) mass is 344 g/mol. The lowest BCUT2D eigenvalue weighted by atomic mass is 10.1. The molecule has 0 aromatic heterocycles. The van der Waals surface area contributed by atoms with E-state index < -0.39 is 16.1 Å². The van der Waals surface area contributed by atoms with Gasteiger partial charge >= 0.3 is 0 Å². The lowest BCUT2D eigenvalue weighted by molar-refractivity contribution is -0.122. The standard InChI is InChI=1S/C18H20N2O3S/c1-12(18(21)19-14-8-2-3-9-14)20-15-10-4-6-13-7-5-11-16(17(13)15)24(20,22)23/h4-7,10-12,14H,2-3,8-9H2,1H3,(H,19,21)/t12-/m1/s1. The van der Waals surface area contributed by atoms with E-state index in [0.717, 1.165) is 31.1 Å². The zero-order chi connectivity index (χ0) is 16.9. The molecule has 0 bridgehead atoms. The summed E-state index contributed by atoms with van der Waals surface area (Å²) < 4.78 is 27.3. The molecule has 1 atom stereocenters. The second kappa shape index (κ2) is 5.48. The van der Waals surface area contributed by atoms with E-state index in [0.29, 0.717) is 11.1 Å². The fourth-order valence-electron chi connectivity index (χ4n) is 3.84. The Morgan fingerprint density at radius 2 is 1.83 bits per heavy atom. The molecule has 6 heteroatoms. The highest BCUT2D eigenvalue weighted by Crippen LogP contribution is 2.43. The van der Waals surface area contributed by atoms with Crippen molar-refractivity contribution in [1.82, 2.24) is 5.32 Å². The molecule has 2 aromatic carbocycles. The van der Waals surface area contributed by atoms with E-state index >= 15 is 0 Å². The predicted molar refractivity (Wildman–Crippen MR) is 93.5 cm³/mol. The van der Waals surface area contributed by atoms with Crippen LogP contribution >= 0.6 is 0 Å². The van der Waals surface area contributed by atoms with Crippen molar-refractivity contribution in [2.24, 2.45) is 0 Å². The summed E-state index contributed by atoms with van der Waals surface area (Å²) in [4.78, 5) is 12.9. The van der Waals surface area contributed by atoms with Crippen LogP contribution < -0.4 is 9.62 Å².